The molecule has 1 N–H and O–H groups in total. The molecule has 6 heteroatoms. The second-order valence-electron chi connectivity index (χ2n) is 2.93. The predicted molar refractivity (Wildman–Crippen MR) is 60.2 cm³/mol. The van der Waals surface area contributed by atoms with Crippen LogP contribution in [0, 0.1) is 0 Å². The fourth-order valence-corrected chi connectivity index (χ4v) is 1.25. The van der Waals surface area contributed by atoms with E-state index >= 15 is 0 Å². The monoisotopic (exact) mass is 275 g/mol. The van der Waals surface area contributed by atoms with Gasteiger partial charge in [-0.3, -0.25) is 9.48 Å². The van der Waals surface area contributed by atoms with Gasteiger partial charge in [0.1, 0.15) is 5.69 Å². The summed E-state index contributed by atoms with van der Waals surface area (Å²) in [6.07, 6.45) is 1.73. The fourth-order valence-electron chi connectivity index (χ4n) is 1.02. The summed E-state index contributed by atoms with van der Waals surface area (Å²) in [5, 5.41) is 7.50. The first-order valence-electron chi connectivity index (χ1n) is 4.65. The molecule has 15 heavy (non-hydrogen) atoms. The number of nitrogens with one attached hydrogen (secondary N) is 1. The van der Waals surface area contributed by atoms with Crippen molar-refractivity contribution in [3.8, 4) is 0 Å². The number of carbonyl (C=O) groups excluding carboxylic acids is 1. The number of amides is 1. The summed E-state index contributed by atoms with van der Waals surface area (Å²) < 4.78 is 6.78. The largest absolute Gasteiger partial charge is 0.379 e. The van der Waals surface area contributed by atoms with E-state index in [4.69, 9.17) is 4.74 Å². The minimum atomic E-state index is -0.168. The molecule has 1 heterocycles. The van der Waals surface area contributed by atoms with Crippen molar-refractivity contribution >= 4 is 21.8 Å². The van der Waals surface area contributed by atoms with Gasteiger partial charge in [0.15, 0.2) is 0 Å². The molecular weight excluding hydrogens is 262 g/mol. The van der Waals surface area contributed by atoms with Crippen LogP contribution in [0.1, 0.15) is 10.5 Å². The lowest BCUT2D eigenvalue weighted by atomic mass is 10.4. The van der Waals surface area contributed by atoms with Crippen LogP contribution >= 0.6 is 15.9 Å². The van der Waals surface area contributed by atoms with E-state index in [-0.39, 0.29) is 5.91 Å². The minimum Gasteiger partial charge on any atom is -0.379 e. The molecule has 0 aliphatic heterocycles. The van der Waals surface area contributed by atoms with Crippen molar-refractivity contribution in [3.05, 3.63) is 18.0 Å². The first kappa shape index (κ1) is 12.2. The van der Waals surface area contributed by atoms with Gasteiger partial charge in [0.05, 0.1) is 13.2 Å². The summed E-state index contributed by atoms with van der Waals surface area (Å²) >= 11 is 3.24. The zero-order valence-corrected chi connectivity index (χ0v) is 10.2. The molecule has 0 fully saturated rings. The van der Waals surface area contributed by atoms with Crippen molar-refractivity contribution in [2.45, 2.75) is 0 Å². The van der Waals surface area contributed by atoms with Crippen LogP contribution in [0.25, 0.3) is 0 Å². The molecule has 1 aromatic heterocycles. The number of halogens is 1. The summed E-state index contributed by atoms with van der Waals surface area (Å²) in [4.78, 5) is 11.4. The van der Waals surface area contributed by atoms with Crippen LogP contribution in [0.3, 0.4) is 0 Å². The molecule has 1 aromatic rings. The smallest absolute Gasteiger partial charge is 0.271 e. The molecule has 84 valence electrons. The van der Waals surface area contributed by atoms with Crippen molar-refractivity contribution < 1.29 is 9.53 Å². The molecule has 0 aromatic carbocycles. The van der Waals surface area contributed by atoms with Crippen molar-refractivity contribution in [3.63, 3.8) is 0 Å². The van der Waals surface area contributed by atoms with Crippen molar-refractivity contribution in [2.24, 2.45) is 7.05 Å². The van der Waals surface area contributed by atoms with Gasteiger partial charge >= 0.3 is 0 Å². The lowest BCUT2D eigenvalue weighted by Crippen LogP contribution is -2.27. The number of aromatic nitrogens is 2. The number of aryl methyl sites for hydroxylation is 1. The van der Waals surface area contributed by atoms with Gasteiger partial charge < -0.3 is 10.1 Å². The van der Waals surface area contributed by atoms with E-state index in [0.29, 0.717) is 25.5 Å². The molecule has 0 aliphatic rings. The van der Waals surface area contributed by atoms with Gasteiger partial charge in [0.2, 0.25) is 0 Å². The van der Waals surface area contributed by atoms with E-state index in [1.54, 1.807) is 24.0 Å². The van der Waals surface area contributed by atoms with Crippen LogP contribution in [0.2, 0.25) is 0 Å². The topological polar surface area (TPSA) is 56.2 Å². The summed E-state index contributed by atoms with van der Waals surface area (Å²) in [6.45, 7) is 1.67. The van der Waals surface area contributed by atoms with E-state index in [9.17, 15) is 4.79 Å². The molecule has 0 saturated carbocycles. The van der Waals surface area contributed by atoms with E-state index in [1.807, 2.05) is 0 Å². The number of rotatable bonds is 6. The van der Waals surface area contributed by atoms with Gasteiger partial charge in [-0.2, -0.15) is 5.10 Å². The Morgan fingerprint density at radius 2 is 2.47 bits per heavy atom. The predicted octanol–water partition coefficient (Wildman–Crippen LogP) is 0.561. The molecule has 0 spiro atoms. The summed E-state index contributed by atoms with van der Waals surface area (Å²) in [6, 6.07) is 1.68. The zero-order chi connectivity index (χ0) is 11.1. The van der Waals surface area contributed by atoms with Crippen LogP contribution in [0.4, 0.5) is 0 Å². The zero-order valence-electron chi connectivity index (χ0n) is 8.57. The van der Waals surface area contributed by atoms with Crippen LogP contribution in [0.5, 0.6) is 0 Å². The Kier molecular flexibility index (Phi) is 5.34. The SMILES string of the molecule is Cn1ccc(C(=O)NCCOCCBr)n1. The maximum absolute atomic E-state index is 11.4. The highest BCUT2D eigenvalue weighted by Gasteiger charge is 2.06. The molecule has 1 amide bonds. The summed E-state index contributed by atoms with van der Waals surface area (Å²) in [7, 11) is 1.77. The first-order chi connectivity index (χ1) is 7.24. The van der Waals surface area contributed by atoms with E-state index in [2.05, 4.69) is 26.3 Å². The molecular formula is C9H14BrN3O2. The van der Waals surface area contributed by atoms with Gasteiger partial charge in [-0.1, -0.05) is 15.9 Å². The average molecular weight is 276 g/mol. The maximum atomic E-state index is 11.4. The van der Waals surface area contributed by atoms with Crippen LogP contribution in [-0.2, 0) is 11.8 Å². The molecule has 0 aliphatic carbocycles. The molecule has 1 rings (SSSR count). The Balaban J connectivity index is 2.19. The number of alkyl halides is 1. The summed E-state index contributed by atoms with van der Waals surface area (Å²) in [5.41, 5.74) is 0.429. The standard InChI is InChI=1S/C9H14BrN3O2/c1-13-5-2-8(12-13)9(14)11-4-7-15-6-3-10/h2,5H,3-4,6-7H2,1H3,(H,11,14). The van der Waals surface area contributed by atoms with Crippen molar-refractivity contribution in [1.82, 2.24) is 15.1 Å². The van der Waals surface area contributed by atoms with Gasteiger partial charge in [-0.05, 0) is 6.07 Å². The molecule has 0 radical (unpaired) electrons. The Hall–Kier alpha value is -0.880. The maximum Gasteiger partial charge on any atom is 0.271 e. The Morgan fingerprint density at radius 3 is 3.07 bits per heavy atom. The van der Waals surface area contributed by atoms with E-state index in [1.165, 1.54) is 0 Å². The van der Waals surface area contributed by atoms with Gasteiger partial charge in [-0.15, -0.1) is 0 Å². The van der Waals surface area contributed by atoms with E-state index in [0.717, 1.165) is 5.33 Å². The number of carbonyl (C=O) groups is 1. The molecule has 5 nitrogen and oxygen atoms in total. The number of nitrogens with zero attached hydrogens (tertiary/aromatic N) is 2. The number of hydrogen-bond donors (Lipinski definition) is 1. The number of ether oxygens (including phenoxy) is 1. The summed E-state index contributed by atoms with van der Waals surface area (Å²) in [5.74, 6) is -0.168. The highest BCUT2D eigenvalue weighted by molar-refractivity contribution is 9.09. The fraction of sp³-hybridized carbons (Fsp3) is 0.556. The average Bonchev–Trinajstić information content (AvgIpc) is 2.64. The molecule has 0 unspecified atom stereocenters. The van der Waals surface area contributed by atoms with Gasteiger partial charge in [-0.25, -0.2) is 0 Å². The van der Waals surface area contributed by atoms with E-state index < -0.39 is 0 Å². The van der Waals surface area contributed by atoms with Crippen molar-refractivity contribution in [1.29, 1.82) is 0 Å². The molecule has 0 atom stereocenters. The Morgan fingerprint density at radius 1 is 1.67 bits per heavy atom. The van der Waals surface area contributed by atoms with Gasteiger partial charge in [0.25, 0.3) is 5.91 Å². The van der Waals surface area contributed by atoms with Gasteiger partial charge in [0, 0.05) is 25.1 Å². The Bertz CT molecular complexity index is 314. The van der Waals surface area contributed by atoms with Crippen LogP contribution in [0.15, 0.2) is 12.3 Å². The molecule has 0 saturated heterocycles. The normalized spacial score (nSPS) is 10.3. The highest BCUT2D eigenvalue weighted by Crippen LogP contribution is 1.92. The Labute approximate surface area is 96.9 Å². The second-order valence-corrected chi connectivity index (χ2v) is 3.72. The third kappa shape index (κ3) is 4.44. The third-order valence-corrected chi connectivity index (χ3v) is 2.02. The third-order valence-electron chi connectivity index (χ3n) is 1.70. The lowest BCUT2D eigenvalue weighted by Gasteiger charge is -2.03. The highest BCUT2D eigenvalue weighted by atomic mass is 79.9. The quantitative estimate of drug-likeness (QED) is 0.610. The van der Waals surface area contributed by atoms with Crippen LogP contribution < -0.4 is 5.32 Å². The number of hydrogen-bond acceptors (Lipinski definition) is 3. The first-order valence-corrected chi connectivity index (χ1v) is 5.77. The van der Waals surface area contributed by atoms with Crippen LogP contribution in [-0.4, -0.2) is 40.8 Å². The van der Waals surface area contributed by atoms with Crippen molar-refractivity contribution in [2.75, 3.05) is 25.1 Å². The molecule has 0 bridgehead atoms. The minimum absolute atomic E-state index is 0.168. The lowest BCUT2D eigenvalue weighted by molar-refractivity contribution is 0.0918. The second kappa shape index (κ2) is 6.58.